The van der Waals surface area contributed by atoms with Crippen molar-refractivity contribution in [3.8, 4) is 0 Å². The lowest BCUT2D eigenvalue weighted by Crippen LogP contribution is -2.48. The minimum absolute atomic E-state index is 0. The first kappa shape index (κ1) is 15.3. The summed E-state index contributed by atoms with van der Waals surface area (Å²) in [7, 11) is 0. The first-order valence-corrected chi connectivity index (χ1v) is 6.26. The van der Waals surface area contributed by atoms with Crippen molar-refractivity contribution in [3.05, 3.63) is 28.8 Å². The Morgan fingerprint density at radius 1 is 1.39 bits per heavy atom. The molecular weight excluding hydrogens is 271 g/mol. The normalized spacial score (nSPS) is 17.1. The number of halogens is 2. The van der Waals surface area contributed by atoms with Gasteiger partial charge in [0.1, 0.15) is 0 Å². The Bertz CT molecular complexity index is 443. The summed E-state index contributed by atoms with van der Waals surface area (Å²) in [5, 5.41) is 3.54. The van der Waals surface area contributed by atoms with E-state index in [4.69, 9.17) is 17.3 Å². The van der Waals surface area contributed by atoms with Crippen LogP contribution in [0, 0.1) is 6.92 Å². The van der Waals surface area contributed by atoms with Crippen LogP contribution in [0.4, 0.5) is 5.69 Å². The molecule has 3 nitrogen and oxygen atoms in total. The smallest absolute Gasteiger partial charge is 0.244 e. The third-order valence-electron chi connectivity index (χ3n) is 3.46. The highest BCUT2D eigenvalue weighted by atomic mass is 35.5. The second-order valence-corrected chi connectivity index (χ2v) is 5.14. The number of carbonyl (C=O) groups excluding carboxylic acids is 1. The fraction of sp³-hybridized carbons (Fsp3) is 0.462. The van der Waals surface area contributed by atoms with Crippen molar-refractivity contribution in [2.24, 2.45) is 5.73 Å². The van der Waals surface area contributed by atoms with Crippen LogP contribution in [0.1, 0.15) is 31.2 Å². The number of hydrogen-bond acceptors (Lipinski definition) is 2. The van der Waals surface area contributed by atoms with Crippen LogP contribution in [0.5, 0.6) is 0 Å². The van der Waals surface area contributed by atoms with E-state index in [9.17, 15) is 4.79 Å². The first-order chi connectivity index (χ1) is 8.03. The largest absolute Gasteiger partial charge is 0.324 e. The second kappa shape index (κ2) is 5.91. The summed E-state index contributed by atoms with van der Waals surface area (Å²) < 4.78 is 0. The van der Waals surface area contributed by atoms with Crippen LogP contribution < -0.4 is 11.1 Å². The molecule has 0 saturated heterocycles. The van der Waals surface area contributed by atoms with Crippen LogP contribution in [0.15, 0.2) is 18.2 Å². The molecule has 1 aliphatic carbocycles. The molecule has 1 fully saturated rings. The van der Waals surface area contributed by atoms with Gasteiger partial charge in [-0.15, -0.1) is 12.4 Å². The van der Waals surface area contributed by atoms with Gasteiger partial charge in [-0.1, -0.05) is 30.5 Å². The van der Waals surface area contributed by atoms with Gasteiger partial charge >= 0.3 is 0 Å². The number of carbonyl (C=O) groups is 1. The zero-order chi connectivity index (χ0) is 12.5. The van der Waals surface area contributed by atoms with Crippen LogP contribution in [0.25, 0.3) is 0 Å². The third kappa shape index (κ3) is 2.97. The SMILES string of the molecule is Cc1c(Cl)cccc1NC(=O)C1(N)CCCC1.Cl. The zero-order valence-corrected chi connectivity index (χ0v) is 11.9. The van der Waals surface area contributed by atoms with Gasteiger partial charge in [0.15, 0.2) is 0 Å². The molecule has 0 aromatic heterocycles. The van der Waals surface area contributed by atoms with Gasteiger partial charge in [-0.2, -0.15) is 0 Å². The highest BCUT2D eigenvalue weighted by Crippen LogP contribution is 2.30. The molecule has 0 spiro atoms. The van der Waals surface area contributed by atoms with Crippen molar-refractivity contribution in [1.29, 1.82) is 0 Å². The number of nitrogens with two attached hydrogens (primary N) is 1. The lowest BCUT2D eigenvalue weighted by molar-refractivity contribution is -0.121. The number of anilines is 1. The molecule has 0 radical (unpaired) electrons. The van der Waals surface area contributed by atoms with Crippen molar-refractivity contribution in [3.63, 3.8) is 0 Å². The van der Waals surface area contributed by atoms with Crippen molar-refractivity contribution in [2.45, 2.75) is 38.1 Å². The van der Waals surface area contributed by atoms with Gasteiger partial charge in [-0.05, 0) is 37.5 Å². The fourth-order valence-electron chi connectivity index (χ4n) is 2.22. The predicted molar refractivity (Wildman–Crippen MR) is 77.5 cm³/mol. The summed E-state index contributed by atoms with van der Waals surface area (Å²) in [6, 6.07) is 5.47. The molecule has 0 unspecified atom stereocenters. The van der Waals surface area contributed by atoms with Crippen molar-refractivity contribution in [1.82, 2.24) is 0 Å². The van der Waals surface area contributed by atoms with E-state index in [1.807, 2.05) is 19.1 Å². The summed E-state index contributed by atoms with van der Waals surface area (Å²) in [6.45, 7) is 1.88. The average molecular weight is 289 g/mol. The molecule has 1 aromatic rings. The van der Waals surface area contributed by atoms with E-state index in [1.54, 1.807) is 6.07 Å². The van der Waals surface area contributed by atoms with E-state index in [0.29, 0.717) is 5.02 Å². The number of hydrogen-bond donors (Lipinski definition) is 2. The lowest BCUT2D eigenvalue weighted by Gasteiger charge is -2.23. The topological polar surface area (TPSA) is 55.1 Å². The Kier molecular flexibility index (Phi) is 5.02. The van der Waals surface area contributed by atoms with Crippen molar-refractivity contribution >= 4 is 35.6 Å². The van der Waals surface area contributed by atoms with Crippen LogP contribution in [-0.4, -0.2) is 11.4 Å². The molecule has 0 heterocycles. The maximum Gasteiger partial charge on any atom is 0.244 e. The summed E-state index contributed by atoms with van der Waals surface area (Å²) >= 11 is 6.01. The van der Waals surface area contributed by atoms with Gasteiger partial charge in [0.2, 0.25) is 5.91 Å². The van der Waals surface area contributed by atoms with E-state index >= 15 is 0 Å². The third-order valence-corrected chi connectivity index (χ3v) is 3.87. The van der Waals surface area contributed by atoms with Crippen LogP contribution in [0.2, 0.25) is 5.02 Å². The molecule has 1 aliphatic rings. The summed E-state index contributed by atoms with van der Waals surface area (Å²) in [6.07, 6.45) is 3.58. The molecule has 5 heteroatoms. The van der Waals surface area contributed by atoms with Crippen LogP contribution >= 0.6 is 24.0 Å². The Morgan fingerprint density at radius 2 is 2.00 bits per heavy atom. The van der Waals surface area contributed by atoms with Crippen LogP contribution in [0.3, 0.4) is 0 Å². The number of benzene rings is 1. The highest BCUT2D eigenvalue weighted by molar-refractivity contribution is 6.31. The van der Waals surface area contributed by atoms with Gasteiger partial charge in [-0.3, -0.25) is 4.79 Å². The molecule has 3 N–H and O–H groups in total. The molecule has 18 heavy (non-hydrogen) atoms. The maximum atomic E-state index is 12.1. The van der Waals surface area contributed by atoms with Gasteiger partial charge < -0.3 is 11.1 Å². The highest BCUT2D eigenvalue weighted by Gasteiger charge is 2.37. The number of nitrogens with one attached hydrogen (secondary N) is 1. The molecule has 100 valence electrons. The molecule has 1 aromatic carbocycles. The average Bonchev–Trinajstić information content (AvgIpc) is 2.73. The minimum Gasteiger partial charge on any atom is -0.324 e. The maximum absolute atomic E-state index is 12.1. The molecule has 0 aliphatic heterocycles. The second-order valence-electron chi connectivity index (χ2n) is 4.73. The summed E-state index contributed by atoms with van der Waals surface area (Å²) in [4.78, 5) is 12.1. The Hall–Kier alpha value is -0.770. The Balaban J connectivity index is 0.00000162. The summed E-state index contributed by atoms with van der Waals surface area (Å²) in [5.41, 5.74) is 7.02. The van der Waals surface area contributed by atoms with Gasteiger partial charge in [-0.25, -0.2) is 0 Å². The number of amides is 1. The van der Waals surface area contributed by atoms with E-state index in [0.717, 1.165) is 36.9 Å². The van der Waals surface area contributed by atoms with E-state index in [2.05, 4.69) is 5.32 Å². The van der Waals surface area contributed by atoms with E-state index < -0.39 is 5.54 Å². The standard InChI is InChI=1S/C13H17ClN2O.ClH/c1-9-10(14)5-4-6-11(9)16-12(17)13(15)7-2-3-8-13;/h4-6H,2-3,7-8,15H2,1H3,(H,16,17);1H. The molecule has 1 amide bonds. The van der Waals surface area contributed by atoms with Crippen molar-refractivity contribution < 1.29 is 4.79 Å². The van der Waals surface area contributed by atoms with Gasteiger partial charge in [0.05, 0.1) is 5.54 Å². The van der Waals surface area contributed by atoms with Gasteiger partial charge in [0, 0.05) is 10.7 Å². The molecular formula is C13H18Cl2N2O. The minimum atomic E-state index is -0.700. The fourth-order valence-corrected chi connectivity index (χ4v) is 2.40. The molecule has 2 rings (SSSR count). The van der Waals surface area contributed by atoms with Crippen LogP contribution in [-0.2, 0) is 4.79 Å². The molecule has 1 saturated carbocycles. The quantitative estimate of drug-likeness (QED) is 0.877. The first-order valence-electron chi connectivity index (χ1n) is 5.88. The Labute approximate surface area is 118 Å². The molecule has 0 bridgehead atoms. The van der Waals surface area contributed by atoms with Gasteiger partial charge in [0.25, 0.3) is 0 Å². The molecule has 0 atom stereocenters. The Morgan fingerprint density at radius 3 is 2.61 bits per heavy atom. The monoisotopic (exact) mass is 288 g/mol. The predicted octanol–water partition coefficient (Wildman–Crippen LogP) is 3.28. The lowest BCUT2D eigenvalue weighted by atomic mass is 9.98. The van der Waals surface area contributed by atoms with E-state index in [1.165, 1.54) is 0 Å². The summed E-state index contributed by atoms with van der Waals surface area (Å²) in [5.74, 6) is -0.0969. The van der Waals surface area contributed by atoms with Crippen molar-refractivity contribution in [2.75, 3.05) is 5.32 Å². The number of rotatable bonds is 2. The van der Waals surface area contributed by atoms with E-state index in [-0.39, 0.29) is 18.3 Å². The zero-order valence-electron chi connectivity index (χ0n) is 10.3.